The first-order chi connectivity index (χ1) is 9.65. The van der Waals surface area contributed by atoms with E-state index in [9.17, 15) is 4.79 Å². The molecule has 2 rings (SSSR count). The Kier molecular flexibility index (Phi) is 5.74. The maximum atomic E-state index is 12.1. The molecule has 1 aromatic rings. The standard InChI is InChI=1S/C17H26N2O/c1-15-5-7-16(8-6-15)17(20)9-12-18(2)13-14-19-10-3-4-11-19/h5-8H,3-4,9-14H2,1-2H3. The van der Waals surface area contributed by atoms with E-state index in [0.717, 1.165) is 25.2 Å². The minimum atomic E-state index is 0.248. The van der Waals surface area contributed by atoms with Gasteiger partial charge >= 0.3 is 0 Å². The lowest BCUT2D eigenvalue weighted by Gasteiger charge is -2.20. The Labute approximate surface area is 122 Å². The van der Waals surface area contributed by atoms with Crippen LogP contribution >= 0.6 is 0 Å². The number of Topliss-reactive ketones (excluding diaryl/α,β-unsaturated/α-hetero) is 1. The fourth-order valence-corrected chi connectivity index (χ4v) is 2.61. The highest BCUT2D eigenvalue weighted by molar-refractivity contribution is 5.96. The molecule has 0 radical (unpaired) electrons. The second-order valence-electron chi connectivity index (χ2n) is 5.89. The van der Waals surface area contributed by atoms with Crippen LogP contribution in [0.5, 0.6) is 0 Å². The molecule has 110 valence electrons. The van der Waals surface area contributed by atoms with Crippen LogP contribution in [0.1, 0.15) is 35.2 Å². The zero-order valence-electron chi connectivity index (χ0n) is 12.8. The van der Waals surface area contributed by atoms with Crippen molar-refractivity contribution in [2.24, 2.45) is 0 Å². The Balaban J connectivity index is 1.68. The third kappa shape index (κ3) is 4.73. The Morgan fingerprint density at radius 1 is 1.15 bits per heavy atom. The van der Waals surface area contributed by atoms with Crippen LogP contribution in [0.25, 0.3) is 0 Å². The second-order valence-corrected chi connectivity index (χ2v) is 5.89. The Morgan fingerprint density at radius 2 is 1.80 bits per heavy atom. The molecule has 3 nitrogen and oxygen atoms in total. The maximum absolute atomic E-state index is 12.1. The van der Waals surface area contributed by atoms with Crippen LogP contribution in [0, 0.1) is 6.92 Å². The van der Waals surface area contributed by atoms with Gasteiger partial charge in [0.2, 0.25) is 0 Å². The van der Waals surface area contributed by atoms with Gasteiger partial charge < -0.3 is 9.80 Å². The first-order valence-electron chi connectivity index (χ1n) is 7.66. The van der Waals surface area contributed by atoms with Gasteiger partial charge in [-0.15, -0.1) is 0 Å². The van der Waals surface area contributed by atoms with Gasteiger partial charge in [-0.25, -0.2) is 0 Å². The van der Waals surface area contributed by atoms with Crippen LogP contribution in [0.15, 0.2) is 24.3 Å². The molecule has 0 N–H and O–H groups in total. The van der Waals surface area contributed by atoms with Gasteiger partial charge in [0.1, 0.15) is 0 Å². The highest BCUT2D eigenvalue weighted by Gasteiger charge is 2.12. The predicted molar refractivity (Wildman–Crippen MR) is 83.3 cm³/mol. The number of hydrogen-bond donors (Lipinski definition) is 0. The van der Waals surface area contributed by atoms with E-state index in [1.165, 1.54) is 31.5 Å². The minimum Gasteiger partial charge on any atom is -0.305 e. The Bertz CT molecular complexity index is 421. The molecule has 20 heavy (non-hydrogen) atoms. The van der Waals surface area contributed by atoms with E-state index in [0.29, 0.717) is 6.42 Å². The van der Waals surface area contributed by atoms with E-state index in [2.05, 4.69) is 16.8 Å². The monoisotopic (exact) mass is 274 g/mol. The number of carbonyl (C=O) groups excluding carboxylic acids is 1. The van der Waals surface area contributed by atoms with Gasteiger partial charge in [0.15, 0.2) is 5.78 Å². The van der Waals surface area contributed by atoms with Gasteiger partial charge in [-0.05, 0) is 39.9 Å². The quantitative estimate of drug-likeness (QED) is 0.714. The van der Waals surface area contributed by atoms with Gasteiger partial charge in [-0.3, -0.25) is 4.79 Å². The van der Waals surface area contributed by atoms with E-state index in [-0.39, 0.29) is 5.78 Å². The smallest absolute Gasteiger partial charge is 0.164 e. The zero-order valence-corrected chi connectivity index (χ0v) is 12.8. The lowest BCUT2D eigenvalue weighted by Crippen LogP contribution is -2.32. The average Bonchev–Trinajstić information content (AvgIpc) is 2.96. The van der Waals surface area contributed by atoms with Crippen LogP contribution in [-0.2, 0) is 0 Å². The molecule has 0 aromatic heterocycles. The molecule has 0 unspecified atom stereocenters. The van der Waals surface area contributed by atoms with Crippen LogP contribution in [0.2, 0.25) is 0 Å². The second kappa shape index (κ2) is 7.55. The number of aryl methyl sites for hydroxylation is 1. The molecule has 1 aromatic carbocycles. The van der Waals surface area contributed by atoms with E-state index >= 15 is 0 Å². The van der Waals surface area contributed by atoms with Crippen molar-refractivity contribution in [3.8, 4) is 0 Å². The minimum absolute atomic E-state index is 0.248. The molecule has 1 heterocycles. The molecule has 0 saturated carbocycles. The van der Waals surface area contributed by atoms with Crippen LogP contribution < -0.4 is 0 Å². The third-order valence-corrected chi connectivity index (χ3v) is 4.09. The molecular weight excluding hydrogens is 248 g/mol. The van der Waals surface area contributed by atoms with E-state index < -0.39 is 0 Å². The zero-order chi connectivity index (χ0) is 14.4. The summed E-state index contributed by atoms with van der Waals surface area (Å²) in [5.74, 6) is 0.248. The van der Waals surface area contributed by atoms with Crippen LogP contribution in [0.3, 0.4) is 0 Å². The highest BCUT2D eigenvalue weighted by atomic mass is 16.1. The summed E-state index contributed by atoms with van der Waals surface area (Å²) in [6, 6.07) is 7.87. The van der Waals surface area contributed by atoms with E-state index in [1.54, 1.807) is 0 Å². The number of likely N-dealkylation sites (N-methyl/N-ethyl adjacent to an activating group) is 1. The molecule has 0 atom stereocenters. The fourth-order valence-electron chi connectivity index (χ4n) is 2.61. The van der Waals surface area contributed by atoms with Gasteiger partial charge in [0, 0.05) is 31.6 Å². The van der Waals surface area contributed by atoms with Crippen molar-refractivity contribution in [3.63, 3.8) is 0 Å². The number of nitrogens with zero attached hydrogens (tertiary/aromatic N) is 2. The van der Waals surface area contributed by atoms with Crippen LogP contribution in [0.4, 0.5) is 0 Å². The van der Waals surface area contributed by atoms with Crippen LogP contribution in [-0.4, -0.2) is 55.4 Å². The first-order valence-corrected chi connectivity index (χ1v) is 7.66. The number of likely N-dealkylation sites (tertiary alicyclic amines) is 1. The third-order valence-electron chi connectivity index (χ3n) is 4.09. The molecule has 0 aliphatic carbocycles. The van der Waals surface area contributed by atoms with Gasteiger partial charge in [-0.2, -0.15) is 0 Å². The number of ketones is 1. The molecule has 1 fully saturated rings. The number of carbonyl (C=O) groups is 1. The summed E-state index contributed by atoms with van der Waals surface area (Å²) in [4.78, 5) is 16.9. The average molecular weight is 274 g/mol. The van der Waals surface area contributed by atoms with Crippen molar-refractivity contribution < 1.29 is 4.79 Å². The predicted octanol–water partition coefficient (Wildman–Crippen LogP) is 2.60. The van der Waals surface area contributed by atoms with E-state index in [1.807, 2.05) is 31.2 Å². The van der Waals surface area contributed by atoms with Crippen molar-refractivity contribution >= 4 is 5.78 Å². The van der Waals surface area contributed by atoms with Gasteiger partial charge in [0.05, 0.1) is 0 Å². The van der Waals surface area contributed by atoms with Crippen molar-refractivity contribution in [1.29, 1.82) is 0 Å². The summed E-state index contributed by atoms with van der Waals surface area (Å²) in [7, 11) is 2.11. The van der Waals surface area contributed by atoms with Gasteiger partial charge in [-0.1, -0.05) is 29.8 Å². The number of benzene rings is 1. The lowest BCUT2D eigenvalue weighted by molar-refractivity contribution is 0.0967. The fraction of sp³-hybridized carbons (Fsp3) is 0.588. The molecule has 1 saturated heterocycles. The summed E-state index contributed by atoms with van der Waals surface area (Å²) in [6.45, 7) is 7.57. The molecule has 0 bridgehead atoms. The summed E-state index contributed by atoms with van der Waals surface area (Å²) >= 11 is 0. The Hall–Kier alpha value is -1.19. The summed E-state index contributed by atoms with van der Waals surface area (Å²) in [5.41, 5.74) is 2.04. The highest BCUT2D eigenvalue weighted by Crippen LogP contribution is 2.08. The summed E-state index contributed by atoms with van der Waals surface area (Å²) in [5, 5.41) is 0. The lowest BCUT2D eigenvalue weighted by atomic mass is 10.1. The number of rotatable bonds is 7. The molecule has 0 amide bonds. The molecule has 1 aliphatic heterocycles. The topological polar surface area (TPSA) is 23.6 Å². The Morgan fingerprint density at radius 3 is 2.45 bits per heavy atom. The number of hydrogen-bond acceptors (Lipinski definition) is 3. The largest absolute Gasteiger partial charge is 0.305 e. The first kappa shape index (κ1) is 15.2. The SMILES string of the molecule is Cc1ccc(C(=O)CCN(C)CCN2CCCC2)cc1. The molecule has 1 aliphatic rings. The van der Waals surface area contributed by atoms with Crippen molar-refractivity contribution in [3.05, 3.63) is 35.4 Å². The molecular formula is C17H26N2O. The van der Waals surface area contributed by atoms with Gasteiger partial charge in [0.25, 0.3) is 0 Å². The van der Waals surface area contributed by atoms with Crippen molar-refractivity contribution in [1.82, 2.24) is 9.80 Å². The normalized spacial score (nSPS) is 15.9. The maximum Gasteiger partial charge on any atom is 0.164 e. The summed E-state index contributed by atoms with van der Waals surface area (Å²) in [6.07, 6.45) is 3.30. The summed E-state index contributed by atoms with van der Waals surface area (Å²) < 4.78 is 0. The van der Waals surface area contributed by atoms with Crippen molar-refractivity contribution in [2.75, 3.05) is 39.8 Å². The molecule has 3 heteroatoms. The van der Waals surface area contributed by atoms with E-state index in [4.69, 9.17) is 0 Å². The van der Waals surface area contributed by atoms with Crippen molar-refractivity contribution in [2.45, 2.75) is 26.2 Å². The molecule has 0 spiro atoms.